The molecule has 0 aliphatic heterocycles. The number of amides is 1. The number of hydrogen-bond acceptors (Lipinski definition) is 2. The van der Waals surface area contributed by atoms with Crippen molar-refractivity contribution in [1.82, 2.24) is 5.32 Å². The van der Waals surface area contributed by atoms with Gasteiger partial charge in [-0.05, 0) is 19.8 Å². The molecule has 0 aliphatic carbocycles. The average Bonchev–Trinajstić information content (AvgIpc) is 2.13. The molecule has 0 saturated heterocycles. The summed E-state index contributed by atoms with van der Waals surface area (Å²) < 4.78 is 0. The molecule has 3 nitrogen and oxygen atoms in total. The SMILES string of the molecule is C#CC(CC)NC(=O)C(C)(N)CCC. The Morgan fingerprint density at radius 2 is 2.21 bits per heavy atom. The van der Waals surface area contributed by atoms with Crippen LogP contribution in [0.1, 0.15) is 40.0 Å². The summed E-state index contributed by atoms with van der Waals surface area (Å²) >= 11 is 0. The summed E-state index contributed by atoms with van der Waals surface area (Å²) in [6, 6.07) is -0.206. The summed E-state index contributed by atoms with van der Waals surface area (Å²) in [6.07, 6.45) is 7.52. The van der Waals surface area contributed by atoms with Gasteiger partial charge < -0.3 is 11.1 Å². The van der Waals surface area contributed by atoms with Crippen LogP contribution in [0.5, 0.6) is 0 Å². The van der Waals surface area contributed by atoms with Crippen molar-refractivity contribution in [3.05, 3.63) is 0 Å². The summed E-state index contributed by atoms with van der Waals surface area (Å²) in [5, 5.41) is 2.74. The molecule has 0 aromatic rings. The highest BCUT2D eigenvalue weighted by atomic mass is 16.2. The molecule has 0 spiro atoms. The predicted octanol–water partition coefficient (Wildman–Crippen LogP) is 1.03. The molecule has 0 bridgehead atoms. The zero-order chi connectivity index (χ0) is 11.2. The second-order valence-corrected chi connectivity index (χ2v) is 3.77. The lowest BCUT2D eigenvalue weighted by Gasteiger charge is -2.24. The van der Waals surface area contributed by atoms with E-state index in [-0.39, 0.29) is 11.9 Å². The maximum Gasteiger partial charge on any atom is 0.240 e. The molecule has 2 unspecified atom stereocenters. The van der Waals surface area contributed by atoms with Crippen LogP contribution in [0, 0.1) is 12.3 Å². The van der Waals surface area contributed by atoms with E-state index in [0.717, 1.165) is 12.8 Å². The number of carbonyl (C=O) groups is 1. The van der Waals surface area contributed by atoms with E-state index in [1.54, 1.807) is 6.92 Å². The van der Waals surface area contributed by atoms with Gasteiger partial charge in [-0.2, -0.15) is 0 Å². The fourth-order valence-electron chi connectivity index (χ4n) is 1.22. The number of nitrogens with two attached hydrogens (primary N) is 1. The molecule has 3 heteroatoms. The zero-order valence-electron chi connectivity index (χ0n) is 9.26. The first-order chi connectivity index (χ1) is 6.47. The van der Waals surface area contributed by atoms with E-state index >= 15 is 0 Å². The Kier molecular flexibility index (Phi) is 5.26. The summed E-state index contributed by atoms with van der Waals surface area (Å²) in [5.41, 5.74) is 5.04. The lowest BCUT2D eigenvalue weighted by Crippen LogP contribution is -2.53. The molecule has 3 N–H and O–H groups in total. The minimum absolute atomic E-state index is 0.163. The standard InChI is InChI=1S/C11H20N2O/c1-5-8-11(4,12)10(14)13-9(6-2)7-3/h2,9H,5,7-8,12H2,1,3-4H3,(H,13,14). The zero-order valence-corrected chi connectivity index (χ0v) is 9.26. The van der Waals surface area contributed by atoms with Crippen LogP contribution in [-0.4, -0.2) is 17.5 Å². The topological polar surface area (TPSA) is 55.1 Å². The molecule has 0 fully saturated rings. The largest absolute Gasteiger partial charge is 0.341 e. The van der Waals surface area contributed by atoms with Crippen LogP contribution in [0.15, 0.2) is 0 Å². The van der Waals surface area contributed by atoms with Crippen molar-refractivity contribution in [2.45, 2.75) is 51.6 Å². The fourth-order valence-corrected chi connectivity index (χ4v) is 1.22. The van der Waals surface area contributed by atoms with Gasteiger partial charge in [0.15, 0.2) is 0 Å². The molecule has 0 saturated carbocycles. The van der Waals surface area contributed by atoms with Crippen molar-refractivity contribution in [3.63, 3.8) is 0 Å². The van der Waals surface area contributed by atoms with Crippen LogP contribution in [0.25, 0.3) is 0 Å². The summed E-state index contributed by atoms with van der Waals surface area (Å²) in [4.78, 5) is 11.7. The molecule has 0 radical (unpaired) electrons. The van der Waals surface area contributed by atoms with Gasteiger partial charge in [0.2, 0.25) is 5.91 Å². The fraction of sp³-hybridized carbons (Fsp3) is 0.727. The van der Waals surface area contributed by atoms with Crippen LogP contribution in [0.4, 0.5) is 0 Å². The summed E-state index contributed by atoms with van der Waals surface area (Å²) in [6.45, 7) is 5.66. The minimum atomic E-state index is -0.807. The number of terminal acetylenes is 1. The van der Waals surface area contributed by atoms with Gasteiger partial charge in [-0.25, -0.2) is 0 Å². The van der Waals surface area contributed by atoms with E-state index in [1.165, 1.54) is 0 Å². The van der Waals surface area contributed by atoms with E-state index in [4.69, 9.17) is 12.2 Å². The van der Waals surface area contributed by atoms with Gasteiger partial charge in [0.25, 0.3) is 0 Å². The van der Waals surface area contributed by atoms with Crippen molar-refractivity contribution in [2.75, 3.05) is 0 Å². The highest BCUT2D eigenvalue weighted by molar-refractivity contribution is 5.86. The van der Waals surface area contributed by atoms with Gasteiger partial charge in [0, 0.05) is 0 Å². The minimum Gasteiger partial charge on any atom is -0.341 e. The highest BCUT2D eigenvalue weighted by Gasteiger charge is 2.27. The smallest absolute Gasteiger partial charge is 0.240 e. The van der Waals surface area contributed by atoms with E-state index in [2.05, 4.69) is 11.2 Å². The van der Waals surface area contributed by atoms with Crippen molar-refractivity contribution in [3.8, 4) is 12.3 Å². The van der Waals surface area contributed by atoms with Gasteiger partial charge in [-0.3, -0.25) is 4.79 Å². The number of hydrogen-bond donors (Lipinski definition) is 2. The third-order valence-corrected chi connectivity index (χ3v) is 2.20. The monoisotopic (exact) mass is 196 g/mol. The number of rotatable bonds is 5. The Bertz CT molecular complexity index is 228. The molecule has 14 heavy (non-hydrogen) atoms. The maximum atomic E-state index is 11.7. The van der Waals surface area contributed by atoms with Crippen LogP contribution >= 0.6 is 0 Å². The molecular formula is C11H20N2O. The molecule has 0 aromatic carbocycles. The molecule has 0 heterocycles. The van der Waals surface area contributed by atoms with E-state index in [0.29, 0.717) is 6.42 Å². The summed E-state index contributed by atoms with van der Waals surface area (Å²) in [5.74, 6) is 2.35. The average molecular weight is 196 g/mol. The van der Waals surface area contributed by atoms with Crippen molar-refractivity contribution in [2.24, 2.45) is 5.73 Å². The van der Waals surface area contributed by atoms with E-state index in [1.807, 2.05) is 13.8 Å². The van der Waals surface area contributed by atoms with Gasteiger partial charge in [-0.1, -0.05) is 26.2 Å². The summed E-state index contributed by atoms with van der Waals surface area (Å²) in [7, 11) is 0. The van der Waals surface area contributed by atoms with Crippen LogP contribution in [-0.2, 0) is 4.79 Å². The second kappa shape index (κ2) is 5.66. The van der Waals surface area contributed by atoms with Crippen molar-refractivity contribution < 1.29 is 4.79 Å². The van der Waals surface area contributed by atoms with Crippen molar-refractivity contribution in [1.29, 1.82) is 0 Å². The Morgan fingerprint density at radius 1 is 1.64 bits per heavy atom. The van der Waals surface area contributed by atoms with Crippen LogP contribution in [0.2, 0.25) is 0 Å². The Balaban J connectivity index is 4.26. The molecule has 1 amide bonds. The molecule has 80 valence electrons. The first-order valence-electron chi connectivity index (χ1n) is 5.03. The van der Waals surface area contributed by atoms with Crippen LogP contribution < -0.4 is 11.1 Å². The lowest BCUT2D eigenvalue weighted by molar-refractivity contribution is -0.126. The molecule has 0 aromatic heterocycles. The number of carbonyl (C=O) groups excluding carboxylic acids is 1. The second-order valence-electron chi connectivity index (χ2n) is 3.77. The molecule has 0 rings (SSSR count). The molecular weight excluding hydrogens is 176 g/mol. The van der Waals surface area contributed by atoms with E-state index < -0.39 is 5.54 Å². The Labute approximate surface area is 86.4 Å². The van der Waals surface area contributed by atoms with Crippen LogP contribution in [0.3, 0.4) is 0 Å². The van der Waals surface area contributed by atoms with Crippen molar-refractivity contribution >= 4 is 5.91 Å². The lowest BCUT2D eigenvalue weighted by atomic mass is 9.96. The highest BCUT2D eigenvalue weighted by Crippen LogP contribution is 2.08. The third-order valence-electron chi connectivity index (χ3n) is 2.20. The Morgan fingerprint density at radius 3 is 2.57 bits per heavy atom. The molecule has 2 atom stereocenters. The molecule has 0 aliphatic rings. The normalized spacial score (nSPS) is 16.5. The van der Waals surface area contributed by atoms with Gasteiger partial charge >= 0.3 is 0 Å². The quantitative estimate of drug-likeness (QED) is 0.645. The van der Waals surface area contributed by atoms with Gasteiger partial charge in [0.05, 0.1) is 11.6 Å². The van der Waals surface area contributed by atoms with Gasteiger partial charge in [0.1, 0.15) is 0 Å². The first-order valence-corrected chi connectivity index (χ1v) is 5.03. The number of nitrogens with one attached hydrogen (secondary N) is 1. The maximum absolute atomic E-state index is 11.7. The van der Waals surface area contributed by atoms with E-state index in [9.17, 15) is 4.79 Å². The first kappa shape index (κ1) is 13.0. The predicted molar refractivity (Wildman–Crippen MR) is 58.6 cm³/mol. The van der Waals surface area contributed by atoms with Gasteiger partial charge in [-0.15, -0.1) is 6.42 Å². The Hall–Kier alpha value is -1.01. The third kappa shape index (κ3) is 3.80.